The van der Waals surface area contributed by atoms with Crippen LogP contribution in [-0.4, -0.2) is 0 Å². The Labute approximate surface area is 103 Å². The summed E-state index contributed by atoms with van der Waals surface area (Å²) in [6.07, 6.45) is 14.9. The first-order chi connectivity index (χ1) is 7.54. The first kappa shape index (κ1) is 13.8. The standard InChI is InChI=1S/C16H30/c1-5-6-11-15(16(2,3)4)13-12-14-9-7-8-10-14/h12-15H,5-11H2,1-4H3. The van der Waals surface area contributed by atoms with Crippen LogP contribution in [0.5, 0.6) is 0 Å². The molecule has 0 N–H and O–H groups in total. The van der Waals surface area contributed by atoms with E-state index in [0.717, 1.165) is 11.8 Å². The lowest BCUT2D eigenvalue weighted by molar-refractivity contribution is 0.272. The molecule has 0 spiro atoms. The molecule has 0 amide bonds. The summed E-state index contributed by atoms with van der Waals surface area (Å²) in [5.74, 6) is 1.67. The highest BCUT2D eigenvalue weighted by atomic mass is 14.3. The highest BCUT2D eigenvalue weighted by Crippen LogP contribution is 2.33. The van der Waals surface area contributed by atoms with Crippen LogP contribution in [0.15, 0.2) is 12.2 Å². The van der Waals surface area contributed by atoms with Gasteiger partial charge < -0.3 is 0 Å². The van der Waals surface area contributed by atoms with Crippen LogP contribution in [0.4, 0.5) is 0 Å². The van der Waals surface area contributed by atoms with Crippen LogP contribution >= 0.6 is 0 Å². The summed E-state index contributed by atoms with van der Waals surface area (Å²) >= 11 is 0. The Bertz CT molecular complexity index is 201. The molecule has 0 nitrogen and oxygen atoms in total. The van der Waals surface area contributed by atoms with Gasteiger partial charge in [0.1, 0.15) is 0 Å². The molecule has 0 saturated heterocycles. The molecule has 0 heterocycles. The minimum absolute atomic E-state index is 0.435. The topological polar surface area (TPSA) is 0 Å². The molecule has 1 saturated carbocycles. The predicted octanol–water partition coefficient (Wildman–Crippen LogP) is 5.59. The first-order valence-electron chi connectivity index (χ1n) is 7.22. The average molecular weight is 222 g/mol. The second kappa shape index (κ2) is 6.47. The highest BCUT2D eigenvalue weighted by molar-refractivity contribution is 4.98. The lowest BCUT2D eigenvalue weighted by Crippen LogP contribution is -2.18. The lowest BCUT2D eigenvalue weighted by Gasteiger charge is -2.28. The molecule has 0 bridgehead atoms. The summed E-state index contributed by atoms with van der Waals surface area (Å²) in [4.78, 5) is 0. The largest absolute Gasteiger partial charge is 0.0851 e. The van der Waals surface area contributed by atoms with Crippen molar-refractivity contribution in [2.75, 3.05) is 0 Å². The Kier molecular flexibility index (Phi) is 5.58. The van der Waals surface area contributed by atoms with Gasteiger partial charge in [-0.1, -0.05) is 65.5 Å². The van der Waals surface area contributed by atoms with E-state index in [1.54, 1.807) is 0 Å². The number of allylic oxidation sites excluding steroid dienone is 2. The molecule has 1 aliphatic carbocycles. The molecule has 1 rings (SSSR count). The van der Waals surface area contributed by atoms with Crippen molar-refractivity contribution in [2.24, 2.45) is 17.3 Å². The fourth-order valence-electron chi connectivity index (χ4n) is 2.68. The number of rotatable bonds is 5. The van der Waals surface area contributed by atoms with Gasteiger partial charge in [-0.2, -0.15) is 0 Å². The molecule has 1 fully saturated rings. The van der Waals surface area contributed by atoms with Gasteiger partial charge in [0.2, 0.25) is 0 Å². The van der Waals surface area contributed by atoms with Crippen LogP contribution in [0.25, 0.3) is 0 Å². The number of hydrogen-bond acceptors (Lipinski definition) is 0. The third-order valence-electron chi connectivity index (χ3n) is 4.00. The summed E-state index contributed by atoms with van der Waals surface area (Å²) < 4.78 is 0. The second-order valence-electron chi connectivity index (χ2n) is 6.54. The normalized spacial score (nSPS) is 20.8. The van der Waals surface area contributed by atoms with Crippen LogP contribution in [-0.2, 0) is 0 Å². The van der Waals surface area contributed by atoms with E-state index in [0.29, 0.717) is 5.41 Å². The third kappa shape index (κ3) is 4.72. The van der Waals surface area contributed by atoms with Gasteiger partial charge in [0.15, 0.2) is 0 Å². The zero-order valence-electron chi connectivity index (χ0n) is 11.8. The maximum absolute atomic E-state index is 2.53. The van der Waals surface area contributed by atoms with Crippen molar-refractivity contribution in [2.45, 2.75) is 72.6 Å². The van der Waals surface area contributed by atoms with E-state index >= 15 is 0 Å². The summed E-state index contributed by atoms with van der Waals surface area (Å²) in [5, 5.41) is 0. The van der Waals surface area contributed by atoms with Gasteiger partial charge in [-0.05, 0) is 36.5 Å². The van der Waals surface area contributed by atoms with Crippen molar-refractivity contribution in [1.82, 2.24) is 0 Å². The monoisotopic (exact) mass is 222 g/mol. The summed E-state index contributed by atoms with van der Waals surface area (Å²) in [6.45, 7) is 9.44. The molecular formula is C16H30. The van der Waals surface area contributed by atoms with Crippen LogP contribution in [0.3, 0.4) is 0 Å². The number of hydrogen-bond donors (Lipinski definition) is 0. The molecule has 94 valence electrons. The highest BCUT2D eigenvalue weighted by Gasteiger charge is 2.22. The molecule has 0 aromatic rings. The first-order valence-corrected chi connectivity index (χ1v) is 7.22. The maximum Gasteiger partial charge on any atom is -0.0185 e. The second-order valence-corrected chi connectivity index (χ2v) is 6.54. The van der Waals surface area contributed by atoms with Gasteiger partial charge in [-0.15, -0.1) is 0 Å². The molecule has 0 heteroatoms. The van der Waals surface area contributed by atoms with Gasteiger partial charge in [-0.3, -0.25) is 0 Å². The lowest BCUT2D eigenvalue weighted by atomic mass is 9.77. The van der Waals surface area contributed by atoms with E-state index in [9.17, 15) is 0 Å². The van der Waals surface area contributed by atoms with E-state index < -0.39 is 0 Å². The minimum Gasteiger partial charge on any atom is -0.0851 e. The van der Waals surface area contributed by atoms with E-state index in [4.69, 9.17) is 0 Å². The van der Waals surface area contributed by atoms with E-state index in [2.05, 4.69) is 39.8 Å². The molecule has 1 aliphatic rings. The quantitative estimate of drug-likeness (QED) is 0.532. The third-order valence-corrected chi connectivity index (χ3v) is 4.00. The predicted molar refractivity (Wildman–Crippen MR) is 73.6 cm³/mol. The Morgan fingerprint density at radius 1 is 1.19 bits per heavy atom. The van der Waals surface area contributed by atoms with Gasteiger partial charge in [0.05, 0.1) is 0 Å². The Hall–Kier alpha value is -0.260. The zero-order valence-corrected chi connectivity index (χ0v) is 11.8. The van der Waals surface area contributed by atoms with Crippen LogP contribution in [0.1, 0.15) is 72.6 Å². The molecule has 1 unspecified atom stereocenters. The average Bonchev–Trinajstić information content (AvgIpc) is 2.68. The van der Waals surface area contributed by atoms with Crippen molar-refractivity contribution in [1.29, 1.82) is 0 Å². The van der Waals surface area contributed by atoms with Gasteiger partial charge >= 0.3 is 0 Å². The minimum atomic E-state index is 0.435. The van der Waals surface area contributed by atoms with E-state index in [1.807, 2.05) is 0 Å². The maximum atomic E-state index is 2.53. The molecule has 0 aliphatic heterocycles. The van der Waals surface area contributed by atoms with Crippen LogP contribution in [0.2, 0.25) is 0 Å². The SMILES string of the molecule is CCCCC(C=CC1CCCC1)C(C)(C)C. The smallest absolute Gasteiger partial charge is 0.0185 e. The summed E-state index contributed by atoms with van der Waals surface area (Å²) in [6, 6.07) is 0. The van der Waals surface area contributed by atoms with Gasteiger partial charge in [-0.25, -0.2) is 0 Å². The summed E-state index contributed by atoms with van der Waals surface area (Å²) in [5.41, 5.74) is 0.435. The molecule has 16 heavy (non-hydrogen) atoms. The van der Waals surface area contributed by atoms with Crippen LogP contribution in [0, 0.1) is 17.3 Å². The van der Waals surface area contributed by atoms with Gasteiger partial charge in [0.25, 0.3) is 0 Å². The van der Waals surface area contributed by atoms with Crippen molar-refractivity contribution in [3.8, 4) is 0 Å². The van der Waals surface area contributed by atoms with E-state index in [-0.39, 0.29) is 0 Å². The van der Waals surface area contributed by atoms with Gasteiger partial charge in [0, 0.05) is 0 Å². The fourth-order valence-corrected chi connectivity index (χ4v) is 2.68. The molecule has 0 radical (unpaired) electrons. The Morgan fingerprint density at radius 2 is 1.81 bits per heavy atom. The number of unbranched alkanes of at least 4 members (excludes halogenated alkanes) is 1. The van der Waals surface area contributed by atoms with Crippen molar-refractivity contribution < 1.29 is 0 Å². The molecule has 1 atom stereocenters. The van der Waals surface area contributed by atoms with Crippen molar-refractivity contribution in [3.63, 3.8) is 0 Å². The van der Waals surface area contributed by atoms with E-state index in [1.165, 1.54) is 44.9 Å². The Morgan fingerprint density at radius 3 is 2.31 bits per heavy atom. The summed E-state index contributed by atoms with van der Waals surface area (Å²) in [7, 11) is 0. The fraction of sp³-hybridized carbons (Fsp3) is 0.875. The van der Waals surface area contributed by atoms with Crippen molar-refractivity contribution in [3.05, 3.63) is 12.2 Å². The molecule has 0 aromatic carbocycles. The molecule has 0 aromatic heterocycles. The zero-order chi connectivity index (χ0) is 12.0. The van der Waals surface area contributed by atoms with Crippen molar-refractivity contribution >= 4 is 0 Å². The Balaban J connectivity index is 2.48. The van der Waals surface area contributed by atoms with Crippen LogP contribution < -0.4 is 0 Å². The molecular weight excluding hydrogens is 192 g/mol.